The van der Waals surface area contributed by atoms with Gasteiger partial charge in [0, 0.05) is 19.6 Å². The van der Waals surface area contributed by atoms with Crippen molar-refractivity contribution >= 4 is 5.97 Å². The molecule has 0 spiro atoms. The molecule has 1 aliphatic carbocycles. The summed E-state index contributed by atoms with van der Waals surface area (Å²) >= 11 is 0. The molecule has 3 nitrogen and oxygen atoms in total. The molecular weight excluding hydrogens is 226 g/mol. The number of rotatable bonds is 3. The van der Waals surface area contributed by atoms with E-state index in [9.17, 15) is 9.90 Å². The summed E-state index contributed by atoms with van der Waals surface area (Å²) in [5, 5.41) is 9.53. The minimum absolute atomic E-state index is 0.360. The fourth-order valence-corrected chi connectivity index (χ4v) is 3.71. The number of fused-ring (bicyclic) bond motifs is 1. The van der Waals surface area contributed by atoms with Crippen LogP contribution in [0.2, 0.25) is 0 Å². The van der Waals surface area contributed by atoms with Crippen LogP contribution in [0.15, 0.2) is 30.3 Å². The maximum Gasteiger partial charge on any atom is 0.311 e. The zero-order valence-corrected chi connectivity index (χ0v) is 10.5. The first kappa shape index (κ1) is 11.7. The Balaban J connectivity index is 1.73. The summed E-state index contributed by atoms with van der Waals surface area (Å²) in [7, 11) is 0. The molecule has 0 unspecified atom stereocenters. The van der Waals surface area contributed by atoms with E-state index in [4.69, 9.17) is 0 Å². The summed E-state index contributed by atoms with van der Waals surface area (Å²) in [6, 6.07) is 10.3. The number of aliphatic carboxylic acids is 1. The van der Waals surface area contributed by atoms with Gasteiger partial charge in [-0.3, -0.25) is 9.69 Å². The van der Waals surface area contributed by atoms with E-state index in [0.717, 1.165) is 38.9 Å². The molecule has 1 saturated heterocycles. The Morgan fingerprint density at radius 1 is 1.39 bits per heavy atom. The van der Waals surface area contributed by atoms with Crippen molar-refractivity contribution in [3.63, 3.8) is 0 Å². The molecule has 3 rings (SSSR count). The number of carbonyl (C=O) groups is 1. The molecule has 1 aliphatic heterocycles. The molecule has 0 bridgehead atoms. The van der Waals surface area contributed by atoms with Crippen LogP contribution in [-0.2, 0) is 11.3 Å². The van der Waals surface area contributed by atoms with E-state index in [1.54, 1.807) is 0 Å². The number of carboxylic acids is 1. The molecule has 1 heterocycles. The molecule has 2 fully saturated rings. The van der Waals surface area contributed by atoms with Gasteiger partial charge >= 0.3 is 5.97 Å². The van der Waals surface area contributed by atoms with Gasteiger partial charge in [-0.15, -0.1) is 0 Å². The number of hydrogen-bond donors (Lipinski definition) is 1. The van der Waals surface area contributed by atoms with Crippen LogP contribution in [0.25, 0.3) is 0 Å². The van der Waals surface area contributed by atoms with E-state index < -0.39 is 11.4 Å². The van der Waals surface area contributed by atoms with Gasteiger partial charge in [-0.2, -0.15) is 0 Å². The number of nitrogens with zero attached hydrogens (tertiary/aromatic N) is 1. The van der Waals surface area contributed by atoms with Gasteiger partial charge in [-0.1, -0.05) is 36.8 Å². The predicted molar refractivity (Wildman–Crippen MR) is 69.1 cm³/mol. The van der Waals surface area contributed by atoms with Crippen LogP contribution in [0.5, 0.6) is 0 Å². The maximum absolute atomic E-state index is 11.6. The highest BCUT2D eigenvalue weighted by molar-refractivity contribution is 5.76. The quantitative estimate of drug-likeness (QED) is 0.888. The Bertz CT molecular complexity index is 445. The lowest BCUT2D eigenvalue weighted by Crippen LogP contribution is -2.35. The maximum atomic E-state index is 11.6. The fourth-order valence-electron chi connectivity index (χ4n) is 3.71. The van der Waals surface area contributed by atoms with Gasteiger partial charge in [0.2, 0.25) is 0 Å². The Morgan fingerprint density at radius 3 is 2.83 bits per heavy atom. The zero-order valence-electron chi connectivity index (χ0n) is 10.5. The average molecular weight is 245 g/mol. The highest BCUT2D eigenvalue weighted by atomic mass is 16.4. The largest absolute Gasteiger partial charge is 0.481 e. The number of likely N-dealkylation sites (tertiary alicyclic amines) is 1. The molecule has 3 heteroatoms. The topological polar surface area (TPSA) is 40.5 Å². The minimum atomic E-state index is -0.583. The van der Waals surface area contributed by atoms with Crippen molar-refractivity contribution < 1.29 is 9.90 Å². The molecule has 0 amide bonds. The van der Waals surface area contributed by atoms with Crippen LogP contribution in [-0.4, -0.2) is 29.1 Å². The Labute approximate surface area is 107 Å². The fraction of sp³-hybridized carbons (Fsp3) is 0.533. The number of carboxylic acid groups (broad SMARTS) is 1. The third kappa shape index (κ3) is 1.83. The van der Waals surface area contributed by atoms with Crippen LogP contribution in [0.4, 0.5) is 0 Å². The SMILES string of the molecule is O=C(O)[C@]12CCC[C@@H]1CN(Cc1ccccc1)C2. The third-order valence-electron chi connectivity index (χ3n) is 4.62. The minimum Gasteiger partial charge on any atom is -0.481 e. The lowest BCUT2D eigenvalue weighted by atomic mass is 9.81. The van der Waals surface area contributed by atoms with Crippen molar-refractivity contribution in [1.29, 1.82) is 0 Å². The normalized spacial score (nSPS) is 31.4. The summed E-state index contributed by atoms with van der Waals surface area (Å²) in [5.41, 5.74) is 0.826. The highest BCUT2D eigenvalue weighted by Gasteiger charge is 2.54. The molecule has 1 saturated carbocycles. The van der Waals surface area contributed by atoms with Gasteiger partial charge in [0.15, 0.2) is 0 Å². The lowest BCUT2D eigenvalue weighted by molar-refractivity contribution is -0.149. The van der Waals surface area contributed by atoms with E-state index in [1.807, 2.05) is 18.2 Å². The molecule has 1 aromatic rings. The molecule has 2 atom stereocenters. The van der Waals surface area contributed by atoms with E-state index >= 15 is 0 Å². The van der Waals surface area contributed by atoms with Crippen LogP contribution >= 0.6 is 0 Å². The van der Waals surface area contributed by atoms with Gasteiger partial charge in [-0.25, -0.2) is 0 Å². The van der Waals surface area contributed by atoms with Gasteiger partial charge in [0.05, 0.1) is 5.41 Å². The molecule has 96 valence electrons. The molecule has 18 heavy (non-hydrogen) atoms. The van der Waals surface area contributed by atoms with Gasteiger partial charge in [0.25, 0.3) is 0 Å². The smallest absolute Gasteiger partial charge is 0.311 e. The Kier molecular flexibility index (Phi) is 2.86. The van der Waals surface area contributed by atoms with Crippen LogP contribution in [0.3, 0.4) is 0 Å². The molecule has 0 aromatic heterocycles. The van der Waals surface area contributed by atoms with Gasteiger partial charge < -0.3 is 5.11 Å². The van der Waals surface area contributed by atoms with Crippen LogP contribution in [0, 0.1) is 11.3 Å². The molecule has 1 aromatic carbocycles. The second-order valence-electron chi connectivity index (χ2n) is 5.71. The van der Waals surface area contributed by atoms with Crippen molar-refractivity contribution in [2.24, 2.45) is 11.3 Å². The van der Waals surface area contributed by atoms with Crippen LogP contribution < -0.4 is 0 Å². The monoisotopic (exact) mass is 245 g/mol. The van der Waals surface area contributed by atoms with Crippen molar-refractivity contribution in [3.8, 4) is 0 Å². The van der Waals surface area contributed by atoms with Crippen LogP contribution in [0.1, 0.15) is 24.8 Å². The summed E-state index contributed by atoms with van der Waals surface area (Å²) in [4.78, 5) is 13.9. The first-order valence-electron chi connectivity index (χ1n) is 6.70. The Hall–Kier alpha value is -1.35. The summed E-state index contributed by atoms with van der Waals surface area (Å²) in [6.07, 6.45) is 3.02. The summed E-state index contributed by atoms with van der Waals surface area (Å²) in [6.45, 7) is 2.55. The molecule has 0 radical (unpaired) electrons. The van der Waals surface area contributed by atoms with E-state index in [1.165, 1.54) is 5.56 Å². The van der Waals surface area contributed by atoms with Gasteiger partial charge in [0.1, 0.15) is 0 Å². The second-order valence-corrected chi connectivity index (χ2v) is 5.71. The first-order valence-corrected chi connectivity index (χ1v) is 6.70. The van der Waals surface area contributed by atoms with Crippen molar-refractivity contribution in [1.82, 2.24) is 4.90 Å². The molecule has 1 N–H and O–H groups in total. The standard InChI is InChI=1S/C15H19NO2/c17-14(18)15-8-4-7-13(15)10-16(11-15)9-12-5-2-1-3-6-12/h1-3,5-6,13H,4,7-11H2,(H,17,18)/t13-,15+/m1/s1. The number of benzene rings is 1. The molecule has 2 aliphatic rings. The molecular formula is C15H19NO2. The average Bonchev–Trinajstić information content (AvgIpc) is 2.87. The van der Waals surface area contributed by atoms with Crippen molar-refractivity contribution in [2.45, 2.75) is 25.8 Å². The van der Waals surface area contributed by atoms with Crippen molar-refractivity contribution in [2.75, 3.05) is 13.1 Å². The Morgan fingerprint density at radius 2 is 2.17 bits per heavy atom. The van der Waals surface area contributed by atoms with E-state index in [0.29, 0.717) is 5.92 Å². The van der Waals surface area contributed by atoms with E-state index in [-0.39, 0.29) is 0 Å². The number of hydrogen-bond acceptors (Lipinski definition) is 2. The predicted octanol–water partition coefficient (Wildman–Crippen LogP) is 2.37. The first-order chi connectivity index (χ1) is 8.71. The second kappa shape index (κ2) is 4.39. The lowest BCUT2D eigenvalue weighted by Gasteiger charge is -2.23. The summed E-state index contributed by atoms with van der Waals surface area (Å²) < 4.78 is 0. The highest BCUT2D eigenvalue weighted by Crippen LogP contribution is 2.49. The van der Waals surface area contributed by atoms with Gasteiger partial charge in [-0.05, 0) is 24.3 Å². The summed E-state index contributed by atoms with van der Waals surface area (Å²) in [5.74, 6) is -0.223. The third-order valence-corrected chi connectivity index (χ3v) is 4.62. The van der Waals surface area contributed by atoms with Crippen molar-refractivity contribution in [3.05, 3.63) is 35.9 Å². The zero-order chi connectivity index (χ0) is 12.6. The van der Waals surface area contributed by atoms with E-state index in [2.05, 4.69) is 17.0 Å².